The molecule has 0 saturated carbocycles. The average Bonchev–Trinajstić information content (AvgIpc) is 2.15. The van der Waals surface area contributed by atoms with Crippen molar-refractivity contribution in [1.82, 2.24) is 0 Å². The summed E-state index contributed by atoms with van der Waals surface area (Å²) < 4.78 is 0. The van der Waals surface area contributed by atoms with Gasteiger partial charge in [0, 0.05) is 0 Å². The number of benzene rings is 1. The molecule has 0 amide bonds. The molecular weight excluding hydrogens is 186 g/mol. The van der Waals surface area contributed by atoms with Crippen molar-refractivity contribution in [2.24, 2.45) is 11.0 Å². The molecular formula is C8H9N3OS. The molecule has 0 aliphatic carbocycles. The second-order valence-electron chi connectivity index (χ2n) is 2.44. The lowest BCUT2D eigenvalue weighted by Crippen LogP contribution is -2.27. The maximum absolute atomic E-state index is 10.4. The highest BCUT2D eigenvalue weighted by Gasteiger charge is 2.05. The number of nitrogens with zero attached hydrogens (tertiary/aromatic N) is 2. The van der Waals surface area contributed by atoms with Gasteiger partial charge in [-0.05, 0) is 12.1 Å². The van der Waals surface area contributed by atoms with E-state index < -0.39 is 0 Å². The first-order valence-corrected chi connectivity index (χ1v) is 4.09. The maximum atomic E-state index is 10.4. The first-order valence-electron chi connectivity index (χ1n) is 3.68. The van der Waals surface area contributed by atoms with Crippen LogP contribution in [0.3, 0.4) is 0 Å². The van der Waals surface area contributed by atoms with Gasteiger partial charge in [-0.25, -0.2) is 5.01 Å². The highest BCUT2D eigenvalue weighted by Crippen LogP contribution is 2.12. The van der Waals surface area contributed by atoms with Crippen molar-refractivity contribution in [2.45, 2.75) is 0 Å². The monoisotopic (exact) mass is 195 g/mol. The van der Waals surface area contributed by atoms with E-state index in [0.717, 1.165) is 0 Å². The van der Waals surface area contributed by atoms with Crippen LogP contribution in [0.4, 0.5) is 5.69 Å². The highest BCUT2D eigenvalue weighted by atomic mass is 32.1. The van der Waals surface area contributed by atoms with Crippen LogP contribution in [0.1, 0.15) is 0 Å². The highest BCUT2D eigenvalue weighted by molar-refractivity contribution is 7.80. The van der Waals surface area contributed by atoms with E-state index >= 15 is 0 Å². The molecule has 13 heavy (non-hydrogen) atoms. The number of nitroso groups, excluding NO2 is 1. The minimum Gasteiger partial charge on any atom is -0.392 e. The Balaban J connectivity index is 2.78. The van der Waals surface area contributed by atoms with Crippen molar-refractivity contribution in [3.63, 3.8) is 0 Å². The van der Waals surface area contributed by atoms with Crippen LogP contribution in [0.15, 0.2) is 35.6 Å². The molecule has 0 heterocycles. The van der Waals surface area contributed by atoms with E-state index in [1.807, 2.05) is 18.2 Å². The summed E-state index contributed by atoms with van der Waals surface area (Å²) in [5.74, 6) is 0. The first-order chi connectivity index (χ1) is 6.24. The first kappa shape index (κ1) is 9.60. The van der Waals surface area contributed by atoms with E-state index in [-0.39, 0.29) is 11.5 Å². The molecule has 4 nitrogen and oxygen atoms in total. The van der Waals surface area contributed by atoms with Crippen LogP contribution in [0.25, 0.3) is 0 Å². The van der Waals surface area contributed by atoms with Gasteiger partial charge in [0.05, 0.1) is 22.5 Å². The Morgan fingerprint density at radius 2 is 2.08 bits per heavy atom. The summed E-state index contributed by atoms with van der Waals surface area (Å²) in [5, 5.41) is 4.02. The second kappa shape index (κ2) is 4.51. The van der Waals surface area contributed by atoms with E-state index in [2.05, 4.69) is 17.5 Å². The molecule has 0 spiro atoms. The Morgan fingerprint density at radius 1 is 1.46 bits per heavy atom. The largest absolute Gasteiger partial charge is 0.392 e. The summed E-state index contributed by atoms with van der Waals surface area (Å²) in [4.78, 5) is 10.6. The van der Waals surface area contributed by atoms with E-state index in [9.17, 15) is 4.91 Å². The van der Waals surface area contributed by atoms with Crippen molar-refractivity contribution in [3.05, 3.63) is 35.2 Å². The summed E-state index contributed by atoms with van der Waals surface area (Å²) in [5.41, 5.74) is 5.98. The van der Waals surface area contributed by atoms with Gasteiger partial charge in [0.2, 0.25) is 0 Å². The molecule has 1 aromatic carbocycles. The summed E-state index contributed by atoms with van der Waals surface area (Å²) in [6, 6.07) is 9.01. The number of anilines is 1. The van der Waals surface area contributed by atoms with Crippen molar-refractivity contribution in [3.8, 4) is 0 Å². The zero-order valence-electron chi connectivity index (χ0n) is 6.88. The molecule has 0 fully saturated rings. The van der Waals surface area contributed by atoms with Crippen molar-refractivity contribution in [2.75, 3.05) is 11.6 Å². The topological polar surface area (TPSA) is 58.7 Å². The van der Waals surface area contributed by atoms with Gasteiger partial charge < -0.3 is 5.73 Å². The third-order valence-corrected chi connectivity index (χ3v) is 1.59. The Kier molecular flexibility index (Phi) is 3.33. The number of para-hydroxylation sites is 1. The Morgan fingerprint density at radius 3 is 2.54 bits per heavy atom. The molecule has 1 rings (SSSR count). The van der Waals surface area contributed by atoms with Crippen LogP contribution in [0.2, 0.25) is 0 Å². The quantitative estimate of drug-likeness (QED) is 0.449. The van der Waals surface area contributed by atoms with Crippen LogP contribution in [-0.4, -0.2) is 11.5 Å². The molecule has 68 valence electrons. The summed E-state index contributed by atoms with van der Waals surface area (Å²) in [7, 11) is 0. The zero-order chi connectivity index (χ0) is 9.68. The standard InChI is InChI=1S/C8H9N3OS/c9-8(13)6-11(10-12)7-4-2-1-3-5-7/h1-5H,6H2,(H2,9,13). The van der Waals surface area contributed by atoms with Gasteiger partial charge in [0.25, 0.3) is 0 Å². The fourth-order valence-electron chi connectivity index (χ4n) is 0.915. The van der Waals surface area contributed by atoms with Crippen LogP contribution in [-0.2, 0) is 0 Å². The Hall–Kier alpha value is -1.49. The Labute approximate surface area is 81.3 Å². The van der Waals surface area contributed by atoms with Crippen molar-refractivity contribution >= 4 is 22.9 Å². The SMILES string of the molecule is NC(=S)CN(N=O)c1ccccc1. The molecule has 0 saturated heterocycles. The summed E-state index contributed by atoms with van der Waals surface area (Å²) >= 11 is 4.68. The fraction of sp³-hybridized carbons (Fsp3) is 0.125. The van der Waals surface area contributed by atoms with E-state index in [1.165, 1.54) is 5.01 Å². The number of hydrogen-bond acceptors (Lipinski definition) is 3. The van der Waals surface area contributed by atoms with Crippen LogP contribution >= 0.6 is 12.2 Å². The Bertz CT molecular complexity index is 302. The fourth-order valence-corrected chi connectivity index (χ4v) is 1.04. The summed E-state index contributed by atoms with van der Waals surface area (Å²) in [6.07, 6.45) is 0. The molecule has 0 aromatic heterocycles. The number of rotatable bonds is 4. The minimum absolute atomic E-state index is 0.169. The normalized spacial score (nSPS) is 9.23. The van der Waals surface area contributed by atoms with Crippen molar-refractivity contribution < 1.29 is 0 Å². The van der Waals surface area contributed by atoms with Crippen LogP contribution < -0.4 is 10.7 Å². The van der Waals surface area contributed by atoms with Gasteiger partial charge in [-0.15, -0.1) is 4.91 Å². The van der Waals surface area contributed by atoms with E-state index in [1.54, 1.807) is 12.1 Å². The molecule has 0 aliphatic heterocycles. The number of hydrogen-bond donors (Lipinski definition) is 1. The lowest BCUT2D eigenvalue weighted by Gasteiger charge is -2.13. The molecule has 0 atom stereocenters. The second-order valence-corrected chi connectivity index (χ2v) is 2.97. The lowest BCUT2D eigenvalue weighted by molar-refractivity contribution is 0.954. The predicted molar refractivity (Wildman–Crippen MR) is 56.4 cm³/mol. The van der Waals surface area contributed by atoms with Crippen molar-refractivity contribution in [1.29, 1.82) is 0 Å². The maximum Gasteiger partial charge on any atom is 0.0948 e. The van der Waals surface area contributed by atoms with Gasteiger partial charge in [-0.3, -0.25) is 0 Å². The van der Waals surface area contributed by atoms with E-state index in [0.29, 0.717) is 5.69 Å². The van der Waals surface area contributed by atoms with Gasteiger partial charge in [0.15, 0.2) is 0 Å². The minimum atomic E-state index is 0.169. The average molecular weight is 195 g/mol. The number of thiocarbonyl (C=S) groups is 1. The predicted octanol–water partition coefficient (Wildman–Crippen LogP) is 1.46. The van der Waals surface area contributed by atoms with Crippen LogP contribution in [0, 0.1) is 4.91 Å². The zero-order valence-corrected chi connectivity index (χ0v) is 7.70. The van der Waals surface area contributed by atoms with Gasteiger partial charge >= 0.3 is 0 Å². The molecule has 1 aromatic rings. The number of nitrogens with two attached hydrogens (primary N) is 1. The van der Waals surface area contributed by atoms with Crippen LogP contribution in [0.5, 0.6) is 0 Å². The summed E-state index contributed by atoms with van der Waals surface area (Å²) in [6.45, 7) is 0.169. The van der Waals surface area contributed by atoms with Gasteiger partial charge in [0.1, 0.15) is 0 Å². The smallest absolute Gasteiger partial charge is 0.0948 e. The molecule has 0 aliphatic rings. The molecule has 5 heteroatoms. The molecule has 0 unspecified atom stereocenters. The molecule has 0 bridgehead atoms. The molecule has 0 radical (unpaired) electrons. The third-order valence-electron chi connectivity index (χ3n) is 1.46. The third kappa shape index (κ3) is 2.79. The lowest BCUT2D eigenvalue weighted by atomic mass is 10.3. The van der Waals surface area contributed by atoms with E-state index in [4.69, 9.17) is 5.73 Å². The van der Waals surface area contributed by atoms with Gasteiger partial charge in [-0.1, -0.05) is 30.4 Å². The van der Waals surface area contributed by atoms with Gasteiger partial charge in [-0.2, -0.15) is 0 Å². The molecule has 2 N–H and O–H groups in total.